The Balaban J connectivity index is 0.00000242. The van der Waals surface area contributed by atoms with E-state index in [1.54, 1.807) is 11.3 Å². The van der Waals surface area contributed by atoms with Crippen LogP contribution in [0.5, 0.6) is 0 Å². The summed E-state index contributed by atoms with van der Waals surface area (Å²) in [5.74, 6) is 1.19. The summed E-state index contributed by atoms with van der Waals surface area (Å²) in [5, 5.41) is 16.0. The summed E-state index contributed by atoms with van der Waals surface area (Å²) in [6.07, 6.45) is 0. The van der Waals surface area contributed by atoms with Crippen molar-refractivity contribution in [3.8, 4) is 0 Å². The number of hydrogen-bond acceptors (Lipinski definition) is 4. The number of hydrogen-bond donors (Lipinski definition) is 2. The minimum Gasteiger partial charge on any atom is -0.396 e. The molecule has 1 saturated heterocycles. The third-order valence-corrected chi connectivity index (χ3v) is 4.53. The minimum absolute atomic E-state index is 0. The molecule has 22 heavy (non-hydrogen) atoms. The molecule has 0 aromatic carbocycles. The predicted molar refractivity (Wildman–Crippen MR) is 106 cm³/mol. The van der Waals surface area contributed by atoms with E-state index >= 15 is 0 Å². The minimum atomic E-state index is 0. The monoisotopic (exact) mass is 438 g/mol. The molecule has 2 heterocycles. The van der Waals surface area contributed by atoms with Gasteiger partial charge in [-0.25, -0.2) is 0 Å². The molecule has 1 fully saturated rings. The predicted octanol–water partition coefficient (Wildman–Crippen LogP) is 2.08. The van der Waals surface area contributed by atoms with Crippen molar-refractivity contribution in [3.63, 3.8) is 0 Å². The molecule has 1 aliphatic rings. The molecular weight excluding hydrogens is 411 g/mol. The fourth-order valence-corrected chi connectivity index (χ4v) is 3.10. The van der Waals surface area contributed by atoms with E-state index in [0.29, 0.717) is 6.54 Å². The lowest BCUT2D eigenvalue weighted by Crippen LogP contribution is -2.52. The van der Waals surface area contributed by atoms with E-state index in [1.165, 1.54) is 5.00 Å². The molecule has 7 heteroatoms. The van der Waals surface area contributed by atoms with Gasteiger partial charge in [0.1, 0.15) is 0 Å². The quantitative estimate of drug-likeness (QED) is 0.420. The molecular formula is C15H27IN4OS. The standard InChI is InChI=1S/C15H26N4OS.HI/c1-3-16-15(17-11-13(2)12-20)19-8-6-18(7-9-19)14-5-4-10-21-14;/h4-5,10,13,20H,3,6-9,11-12H2,1-2H3,(H,16,17);1H. The Kier molecular flexibility index (Phi) is 9.11. The fraction of sp³-hybridized carbons (Fsp3) is 0.667. The van der Waals surface area contributed by atoms with Crippen LogP contribution in [0.15, 0.2) is 22.5 Å². The number of aliphatic imine (C=N–C) groups is 1. The van der Waals surface area contributed by atoms with Crippen molar-refractivity contribution >= 4 is 46.3 Å². The first-order chi connectivity index (χ1) is 10.2. The first kappa shape index (κ1) is 19.5. The smallest absolute Gasteiger partial charge is 0.194 e. The zero-order chi connectivity index (χ0) is 15.1. The van der Waals surface area contributed by atoms with Gasteiger partial charge in [0.05, 0.1) is 5.00 Å². The third kappa shape index (κ3) is 5.58. The number of thiophene rings is 1. The van der Waals surface area contributed by atoms with Gasteiger partial charge in [-0.15, -0.1) is 35.3 Å². The third-order valence-electron chi connectivity index (χ3n) is 3.60. The second kappa shape index (κ2) is 10.3. The molecule has 0 radical (unpaired) electrons. The molecule has 1 unspecified atom stereocenters. The molecule has 1 atom stereocenters. The van der Waals surface area contributed by atoms with Gasteiger partial charge in [-0.1, -0.05) is 6.92 Å². The van der Waals surface area contributed by atoms with Crippen molar-refractivity contribution < 1.29 is 5.11 Å². The Hall–Kier alpha value is -0.540. The Bertz CT molecular complexity index is 433. The summed E-state index contributed by atoms with van der Waals surface area (Å²) >= 11 is 1.80. The van der Waals surface area contributed by atoms with E-state index in [-0.39, 0.29) is 36.5 Å². The molecule has 5 nitrogen and oxygen atoms in total. The molecule has 1 aliphatic heterocycles. The highest BCUT2D eigenvalue weighted by Crippen LogP contribution is 2.22. The summed E-state index contributed by atoms with van der Waals surface area (Å²) in [4.78, 5) is 9.40. The number of guanidine groups is 1. The summed E-state index contributed by atoms with van der Waals surface area (Å²) in [6, 6.07) is 4.29. The molecule has 0 spiro atoms. The lowest BCUT2D eigenvalue weighted by atomic mass is 10.2. The maximum absolute atomic E-state index is 9.12. The van der Waals surface area contributed by atoms with Crippen LogP contribution >= 0.6 is 35.3 Å². The van der Waals surface area contributed by atoms with Crippen LogP contribution in [0.1, 0.15) is 13.8 Å². The van der Waals surface area contributed by atoms with Crippen molar-refractivity contribution in [1.29, 1.82) is 0 Å². The highest BCUT2D eigenvalue weighted by molar-refractivity contribution is 14.0. The van der Waals surface area contributed by atoms with Gasteiger partial charge in [-0.05, 0) is 30.4 Å². The van der Waals surface area contributed by atoms with Crippen LogP contribution in [0, 0.1) is 5.92 Å². The highest BCUT2D eigenvalue weighted by atomic mass is 127. The lowest BCUT2D eigenvalue weighted by Gasteiger charge is -2.37. The number of aliphatic hydroxyl groups is 1. The molecule has 0 aliphatic carbocycles. The van der Waals surface area contributed by atoms with Crippen LogP contribution in [-0.2, 0) is 0 Å². The summed E-state index contributed by atoms with van der Waals surface area (Å²) in [5.41, 5.74) is 0. The maximum atomic E-state index is 9.12. The first-order valence-corrected chi connectivity index (χ1v) is 8.55. The Morgan fingerprint density at radius 3 is 2.68 bits per heavy atom. The SMILES string of the molecule is CCNC(=NCC(C)CO)N1CCN(c2cccs2)CC1.I. The van der Waals surface area contributed by atoms with Crippen molar-refractivity contribution in [2.45, 2.75) is 13.8 Å². The molecule has 126 valence electrons. The van der Waals surface area contributed by atoms with Crippen molar-refractivity contribution in [2.24, 2.45) is 10.9 Å². The van der Waals surface area contributed by atoms with Crippen LogP contribution in [0.25, 0.3) is 0 Å². The Labute approximate surface area is 154 Å². The molecule has 1 aromatic heterocycles. The average Bonchev–Trinajstić information content (AvgIpc) is 3.05. The molecule has 2 rings (SSSR count). The average molecular weight is 438 g/mol. The van der Waals surface area contributed by atoms with Gasteiger partial charge in [-0.2, -0.15) is 0 Å². The summed E-state index contributed by atoms with van der Waals surface area (Å²) in [6.45, 7) is 9.86. The topological polar surface area (TPSA) is 51.1 Å². The van der Waals surface area contributed by atoms with Crippen LogP contribution in [-0.4, -0.2) is 61.8 Å². The summed E-state index contributed by atoms with van der Waals surface area (Å²) in [7, 11) is 0. The largest absolute Gasteiger partial charge is 0.396 e. The van der Waals surface area contributed by atoms with E-state index in [1.807, 2.05) is 6.92 Å². The number of rotatable bonds is 5. The Morgan fingerprint density at radius 1 is 1.41 bits per heavy atom. The van der Waals surface area contributed by atoms with Crippen LogP contribution in [0.4, 0.5) is 5.00 Å². The van der Waals surface area contributed by atoms with Gasteiger partial charge in [0.25, 0.3) is 0 Å². The number of halogens is 1. The van der Waals surface area contributed by atoms with Crippen LogP contribution in [0.3, 0.4) is 0 Å². The molecule has 2 N–H and O–H groups in total. The molecule has 0 saturated carbocycles. The van der Waals surface area contributed by atoms with Gasteiger partial charge in [0, 0.05) is 45.9 Å². The molecule has 0 bridgehead atoms. The number of nitrogens with zero attached hydrogens (tertiary/aromatic N) is 3. The zero-order valence-electron chi connectivity index (χ0n) is 13.4. The molecule has 0 amide bonds. The second-order valence-electron chi connectivity index (χ2n) is 5.41. The van der Waals surface area contributed by atoms with E-state index in [0.717, 1.165) is 38.7 Å². The number of piperazine rings is 1. The van der Waals surface area contributed by atoms with Gasteiger partial charge >= 0.3 is 0 Å². The number of aliphatic hydroxyl groups excluding tert-OH is 1. The van der Waals surface area contributed by atoms with Gasteiger partial charge in [0.2, 0.25) is 0 Å². The van der Waals surface area contributed by atoms with Crippen molar-refractivity contribution in [1.82, 2.24) is 10.2 Å². The van der Waals surface area contributed by atoms with Crippen LogP contribution < -0.4 is 10.2 Å². The molecule has 1 aromatic rings. The number of anilines is 1. The Morgan fingerprint density at radius 2 is 2.14 bits per heavy atom. The van der Waals surface area contributed by atoms with Crippen molar-refractivity contribution in [2.75, 3.05) is 50.8 Å². The zero-order valence-corrected chi connectivity index (χ0v) is 16.5. The maximum Gasteiger partial charge on any atom is 0.194 e. The van der Waals surface area contributed by atoms with E-state index < -0.39 is 0 Å². The van der Waals surface area contributed by atoms with E-state index in [9.17, 15) is 0 Å². The summed E-state index contributed by atoms with van der Waals surface area (Å²) < 4.78 is 0. The van der Waals surface area contributed by atoms with E-state index in [2.05, 4.69) is 44.5 Å². The van der Waals surface area contributed by atoms with E-state index in [4.69, 9.17) is 5.11 Å². The second-order valence-corrected chi connectivity index (χ2v) is 6.33. The lowest BCUT2D eigenvalue weighted by molar-refractivity contribution is 0.241. The fourth-order valence-electron chi connectivity index (χ4n) is 2.31. The highest BCUT2D eigenvalue weighted by Gasteiger charge is 2.20. The van der Waals surface area contributed by atoms with Gasteiger partial charge in [-0.3, -0.25) is 4.99 Å². The first-order valence-electron chi connectivity index (χ1n) is 7.67. The van der Waals surface area contributed by atoms with Gasteiger partial charge < -0.3 is 20.2 Å². The van der Waals surface area contributed by atoms with Crippen molar-refractivity contribution in [3.05, 3.63) is 17.5 Å². The normalized spacial score (nSPS) is 17.1. The van der Waals surface area contributed by atoms with Gasteiger partial charge in [0.15, 0.2) is 5.96 Å². The number of nitrogens with one attached hydrogen (secondary N) is 1. The van der Waals surface area contributed by atoms with Crippen LogP contribution in [0.2, 0.25) is 0 Å².